The average Bonchev–Trinajstić information content (AvgIpc) is 2.58. The van der Waals surface area contributed by atoms with Crippen LogP contribution in [0.1, 0.15) is 19.4 Å². The Balaban J connectivity index is 0.00000576. The van der Waals surface area contributed by atoms with Gasteiger partial charge in [0.05, 0.1) is 12.5 Å². The van der Waals surface area contributed by atoms with Gasteiger partial charge in [0.2, 0.25) is 5.91 Å². The molecule has 0 aliphatic rings. The van der Waals surface area contributed by atoms with Crippen molar-refractivity contribution < 1.29 is 9.53 Å². The number of amides is 1. The fraction of sp³-hybridized carbons (Fsp3) is 0.529. The van der Waals surface area contributed by atoms with Gasteiger partial charge in [0.15, 0.2) is 5.96 Å². The SMILES string of the molecule is CN=C(NCCc1ccc(OC)cc1Cl)NCC(C)(C)C(=O)NC.I. The first kappa shape index (κ1) is 23.8. The number of nitrogens with one attached hydrogen (secondary N) is 3. The molecule has 0 aromatic heterocycles. The summed E-state index contributed by atoms with van der Waals surface area (Å²) >= 11 is 6.23. The fourth-order valence-corrected chi connectivity index (χ4v) is 2.38. The molecule has 1 amide bonds. The van der Waals surface area contributed by atoms with Crippen LogP contribution < -0.4 is 20.7 Å². The van der Waals surface area contributed by atoms with Crippen LogP contribution >= 0.6 is 35.6 Å². The van der Waals surface area contributed by atoms with Crippen LogP contribution in [-0.2, 0) is 11.2 Å². The normalized spacial score (nSPS) is 11.4. The van der Waals surface area contributed by atoms with Gasteiger partial charge in [0.1, 0.15) is 5.75 Å². The van der Waals surface area contributed by atoms with E-state index < -0.39 is 5.41 Å². The Hall–Kier alpha value is -1.22. The zero-order valence-corrected chi connectivity index (χ0v) is 18.5. The first-order chi connectivity index (χ1) is 11.3. The van der Waals surface area contributed by atoms with Gasteiger partial charge in [0.25, 0.3) is 0 Å². The lowest BCUT2D eigenvalue weighted by Gasteiger charge is -2.24. The van der Waals surface area contributed by atoms with Crippen molar-refractivity contribution in [2.75, 3.05) is 34.3 Å². The third kappa shape index (κ3) is 7.68. The van der Waals surface area contributed by atoms with E-state index in [-0.39, 0.29) is 29.9 Å². The highest BCUT2D eigenvalue weighted by Gasteiger charge is 2.26. The molecule has 1 aromatic carbocycles. The zero-order chi connectivity index (χ0) is 18.2. The number of hydrogen-bond donors (Lipinski definition) is 3. The van der Waals surface area contributed by atoms with Crippen molar-refractivity contribution in [1.29, 1.82) is 0 Å². The molecule has 3 N–H and O–H groups in total. The number of carbonyl (C=O) groups excluding carboxylic acids is 1. The molecule has 1 rings (SSSR count). The highest BCUT2D eigenvalue weighted by molar-refractivity contribution is 14.0. The number of carbonyl (C=O) groups is 1. The van der Waals surface area contributed by atoms with Crippen LogP contribution in [0.25, 0.3) is 0 Å². The molecule has 6 nitrogen and oxygen atoms in total. The van der Waals surface area contributed by atoms with Crippen LogP contribution in [0.3, 0.4) is 0 Å². The molecule has 0 aliphatic carbocycles. The second-order valence-corrected chi connectivity index (χ2v) is 6.43. The monoisotopic (exact) mass is 482 g/mol. The largest absolute Gasteiger partial charge is 0.497 e. The molecule has 142 valence electrons. The number of aliphatic imine (C=N–C) groups is 1. The molecule has 0 atom stereocenters. The molecule has 0 radical (unpaired) electrons. The van der Waals surface area contributed by atoms with Gasteiger partial charge in [-0.15, -0.1) is 24.0 Å². The van der Waals surface area contributed by atoms with Crippen LogP contribution in [-0.4, -0.2) is 46.2 Å². The van der Waals surface area contributed by atoms with Gasteiger partial charge in [-0.05, 0) is 38.0 Å². The topological polar surface area (TPSA) is 74.8 Å². The number of ether oxygens (including phenoxy) is 1. The van der Waals surface area contributed by atoms with Crippen molar-refractivity contribution in [3.05, 3.63) is 28.8 Å². The van der Waals surface area contributed by atoms with E-state index in [9.17, 15) is 4.79 Å². The Bertz CT molecular complexity index is 594. The molecule has 0 fully saturated rings. The predicted octanol–water partition coefficient (Wildman–Crippen LogP) is 2.45. The minimum atomic E-state index is -0.522. The van der Waals surface area contributed by atoms with E-state index >= 15 is 0 Å². The van der Waals surface area contributed by atoms with Crippen molar-refractivity contribution in [3.63, 3.8) is 0 Å². The summed E-state index contributed by atoms with van der Waals surface area (Å²) in [6, 6.07) is 5.64. The van der Waals surface area contributed by atoms with Gasteiger partial charge in [-0.3, -0.25) is 9.79 Å². The Morgan fingerprint density at radius 1 is 1.32 bits per heavy atom. The maximum absolute atomic E-state index is 11.8. The van der Waals surface area contributed by atoms with Gasteiger partial charge in [-0.2, -0.15) is 0 Å². The number of halogens is 2. The molecule has 0 aliphatic heterocycles. The van der Waals surface area contributed by atoms with E-state index in [0.717, 1.165) is 17.7 Å². The number of methoxy groups -OCH3 is 1. The summed E-state index contributed by atoms with van der Waals surface area (Å²) in [4.78, 5) is 16.0. The standard InChI is InChI=1S/C17H27ClN4O2.HI/c1-17(2,15(23)19-3)11-22-16(20-4)21-9-8-12-6-7-13(24-5)10-14(12)18;/h6-7,10H,8-9,11H2,1-5H3,(H,19,23)(H2,20,21,22);1H. The minimum Gasteiger partial charge on any atom is -0.497 e. The third-order valence-electron chi connectivity index (χ3n) is 3.71. The number of guanidine groups is 1. The van der Waals surface area contributed by atoms with Gasteiger partial charge in [-0.1, -0.05) is 17.7 Å². The average molecular weight is 483 g/mol. The molecule has 8 heteroatoms. The number of nitrogens with zero attached hydrogens (tertiary/aromatic N) is 1. The van der Waals surface area contributed by atoms with Crippen LogP contribution in [0.5, 0.6) is 5.75 Å². The fourth-order valence-electron chi connectivity index (χ4n) is 2.12. The Labute approximate surface area is 172 Å². The Morgan fingerprint density at radius 2 is 2.00 bits per heavy atom. The summed E-state index contributed by atoms with van der Waals surface area (Å²) < 4.78 is 5.14. The van der Waals surface area contributed by atoms with E-state index in [4.69, 9.17) is 16.3 Å². The molecule has 25 heavy (non-hydrogen) atoms. The van der Waals surface area contributed by atoms with Crippen LogP contribution in [0.2, 0.25) is 5.02 Å². The van der Waals surface area contributed by atoms with Gasteiger partial charge < -0.3 is 20.7 Å². The highest BCUT2D eigenvalue weighted by Crippen LogP contribution is 2.22. The van der Waals surface area contributed by atoms with Crippen molar-refractivity contribution in [2.24, 2.45) is 10.4 Å². The van der Waals surface area contributed by atoms with Crippen molar-refractivity contribution in [1.82, 2.24) is 16.0 Å². The molecular formula is C17H28ClIN4O2. The van der Waals surface area contributed by atoms with Crippen molar-refractivity contribution in [3.8, 4) is 5.75 Å². The van der Waals surface area contributed by atoms with Gasteiger partial charge in [-0.25, -0.2) is 0 Å². The molecule has 0 heterocycles. The van der Waals surface area contributed by atoms with Gasteiger partial charge >= 0.3 is 0 Å². The van der Waals surface area contributed by atoms with Crippen LogP contribution in [0.4, 0.5) is 0 Å². The summed E-state index contributed by atoms with van der Waals surface area (Å²) in [5, 5.41) is 9.73. The zero-order valence-electron chi connectivity index (χ0n) is 15.4. The Morgan fingerprint density at radius 3 is 2.52 bits per heavy atom. The third-order valence-corrected chi connectivity index (χ3v) is 4.06. The van der Waals surface area contributed by atoms with Gasteiger partial charge in [0, 0.05) is 32.2 Å². The number of benzene rings is 1. The minimum absolute atomic E-state index is 0. The lowest BCUT2D eigenvalue weighted by Crippen LogP contribution is -2.47. The molecule has 0 bridgehead atoms. The summed E-state index contributed by atoms with van der Waals surface area (Å²) in [6.07, 6.45) is 0.752. The van der Waals surface area contributed by atoms with E-state index in [0.29, 0.717) is 24.1 Å². The van der Waals surface area contributed by atoms with E-state index in [1.807, 2.05) is 26.0 Å². The maximum atomic E-state index is 11.8. The smallest absolute Gasteiger partial charge is 0.227 e. The maximum Gasteiger partial charge on any atom is 0.227 e. The first-order valence-corrected chi connectivity index (χ1v) is 8.21. The molecular weight excluding hydrogens is 455 g/mol. The molecule has 1 aromatic rings. The van der Waals surface area contributed by atoms with Crippen LogP contribution in [0, 0.1) is 5.41 Å². The van der Waals surface area contributed by atoms with Crippen LogP contribution in [0.15, 0.2) is 23.2 Å². The molecule has 0 saturated carbocycles. The second kappa shape index (κ2) is 11.4. The van der Waals surface area contributed by atoms with Crippen molar-refractivity contribution >= 4 is 47.4 Å². The summed E-state index contributed by atoms with van der Waals surface area (Å²) in [5.41, 5.74) is 0.511. The lowest BCUT2D eigenvalue weighted by atomic mass is 9.92. The number of rotatable bonds is 7. The molecule has 0 saturated heterocycles. The van der Waals surface area contributed by atoms with E-state index in [2.05, 4.69) is 20.9 Å². The summed E-state index contributed by atoms with van der Waals surface area (Å²) in [7, 11) is 4.95. The summed E-state index contributed by atoms with van der Waals surface area (Å²) in [6.45, 7) is 4.91. The molecule has 0 spiro atoms. The number of hydrogen-bond acceptors (Lipinski definition) is 3. The highest BCUT2D eigenvalue weighted by atomic mass is 127. The summed E-state index contributed by atoms with van der Waals surface area (Å²) in [5.74, 6) is 1.37. The Kier molecular flexibility index (Phi) is 10.8. The quantitative estimate of drug-likeness (QED) is 0.317. The van der Waals surface area contributed by atoms with Crippen molar-refractivity contribution in [2.45, 2.75) is 20.3 Å². The lowest BCUT2D eigenvalue weighted by molar-refractivity contribution is -0.128. The van der Waals surface area contributed by atoms with E-state index in [1.54, 1.807) is 27.3 Å². The first-order valence-electron chi connectivity index (χ1n) is 7.83. The predicted molar refractivity (Wildman–Crippen MR) is 114 cm³/mol. The van der Waals surface area contributed by atoms with E-state index in [1.165, 1.54) is 0 Å². The second-order valence-electron chi connectivity index (χ2n) is 6.02. The molecule has 0 unspecified atom stereocenters.